The Morgan fingerprint density at radius 3 is 2.80 bits per heavy atom. The number of hydrogen-bond acceptors (Lipinski definition) is 4. The highest BCUT2D eigenvalue weighted by molar-refractivity contribution is 7.91. The van der Waals surface area contributed by atoms with Crippen LogP contribution in [0.4, 0.5) is 0 Å². The summed E-state index contributed by atoms with van der Waals surface area (Å²) in [6.07, 6.45) is 2.69. The van der Waals surface area contributed by atoms with Crippen molar-refractivity contribution in [2.45, 2.75) is 12.1 Å². The van der Waals surface area contributed by atoms with Crippen molar-refractivity contribution in [2.75, 3.05) is 11.5 Å². The van der Waals surface area contributed by atoms with E-state index in [1.807, 2.05) is 28.8 Å². The van der Waals surface area contributed by atoms with Gasteiger partial charge in [-0.25, -0.2) is 13.4 Å². The number of hydrogen-bond donors (Lipinski definition) is 1. The fourth-order valence-corrected chi connectivity index (χ4v) is 5.36. The van der Waals surface area contributed by atoms with Gasteiger partial charge in [0, 0.05) is 11.5 Å². The van der Waals surface area contributed by atoms with Crippen molar-refractivity contribution < 1.29 is 13.5 Å². The van der Waals surface area contributed by atoms with Gasteiger partial charge < -0.3 is 9.67 Å². The van der Waals surface area contributed by atoms with E-state index in [4.69, 9.17) is 0 Å². The van der Waals surface area contributed by atoms with E-state index in [0.29, 0.717) is 0 Å². The third kappa shape index (κ3) is 1.58. The third-order valence-electron chi connectivity index (χ3n) is 4.29. The number of sulfone groups is 1. The Kier molecular flexibility index (Phi) is 2.38. The molecular formula is C14H14N2O3S. The fourth-order valence-electron chi connectivity index (χ4n) is 3.47. The van der Waals surface area contributed by atoms with Gasteiger partial charge in [0.15, 0.2) is 9.84 Å². The number of aromatic nitrogens is 2. The van der Waals surface area contributed by atoms with Crippen LogP contribution in [0.1, 0.15) is 11.6 Å². The smallest absolute Gasteiger partial charge is 0.153 e. The molecule has 4 rings (SSSR count). The van der Waals surface area contributed by atoms with Gasteiger partial charge in [0.2, 0.25) is 0 Å². The van der Waals surface area contributed by atoms with Crippen molar-refractivity contribution in [3.8, 4) is 11.3 Å². The molecule has 2 aliphatic heterocycles. The quantitative estimate of drug-likeness (QED) is 0.845. The summed E-state index contributed by atoms with van der Waals surface area (Å²) in [5.74, 6) is -0.415. The minimum atomic E-state index is -3.15. The highest BCUT2D eigenvalue weighted by Gasteiger charge is 2.45. The number of imidazole rings is 1. The Bertz CT molecular complexity index is 781. The van der Waals surface area contributed by atoms with E-state index < -0.39 is 15.9 Å². The van der Waals surface area contributed by atoms with Crippen LogP contribution < -0.4 is 0 Å². The highest BCUT2D eigenvalue weighted by atomic mass is 32.2. The molecule has 1 unspecified atom stereocenters. The molecule has 1 aromatic heterocycles. The van der Waals surface area contributed by atoms with Crippen LogP contribution in [0.2, 0.25) is 0 Å². The summed E-state index contributed by atoms with van der Waals surface area (Å²) in [6, 6.07) is 7.78. The molecule has 0 radical (unpaired) electrons. The van der Waals surface area contributed by atoms with Crippen molar-refractivity contribution >= 4 is 9.84 Å². The topological polar surface area (TPSA) is 72.2 Å². The summed E-state index contributed by atoms with van der Waals surface area (Å²) in [6.45, 7) is 0. The molecule has 2 aromatic rings. The lowest BCUT2D eigenvalue weighted by Crippen LogP contribution is -2.27. The summed E-state index contributed by atoms with van der Waals surface area (Å²) in [7, 11) is -3.15. The molecule has 3 atom stereocenters. The molecule has 1 saturated heterocycles. The van der Waals surface area contributed by atoms with Crippen LogP contribution in [0.5, 0.6) is 0 Å². The summed E-state index contributed by atoms with van der Waals surface area (Å²) in [5, 5.41) is 10.2. The number of fused-ring (bicyclic) bond motifs is 3. The molecule has 104 valence electrons. The maximum atomic E-state index is 11.8. The van der Waals surface area contributed by atoms with Crippen molar-refractivity contribution in [1.82, 2.24) is 9.55 Å². The van der Waals surface area contributed by atoms with Gasteiger partial charge in [0.05, 0.1) is 41.9 Å². The van der Waals surface area contributed by atoms with Crippen LogP contribution >= 0.6 is 0 Å². The molecule has 20 heavy (non-hydrogen) atoms. The van der Waals surface area contributed by atoms with Crippen molar-refractivity contribution in [1.29, 1.82) is 0 Å². The van der Waals surface area contributed by atoms with Gasteiger partial charge in [-0.3, -0.25) is 0 Å². The van der Waals surface area contributed by atoms with Crippen molar-refractivity contribution in [3.63, 3.8) is 0 Å². The molecule has 3 heterocycles. The number of nitrogens with zero attached hydrogens (tertiary/aromatic N) is 2. The van der Waals surface area contributed by atoms with Crippen molar-refractivity contribution in [3.05, 3.63) is 42.4 Å². The second kappa shape index (κ2) is 3.93. The normalized spacial score (nSPS) is 30.1. The van der Waals surface area contributed by atoms with Crippen LogP contribution in [-0.2, 0) is 9.84 Å². The first-order valence-corrected chi connectivity index (χ1v) is 8.38. The van der Waals surface area contributed by atoms with Gasteiger partial charge in [-0.15, -0.1) is 0 Å². The number of rotatable bonds is 1. The lowest BCUT2D eigenvalue weighted by Gasteiger charge is -2.23. The van der Waals surface area contributed by atoms with Gasteiger partial charge in [-0.2, -0.15) is 0 Å². The zero-order chi connectivity index (χ0) is 13.9. The van der Waals surface area contributed by atoms with Gasteiger partial charge in [0.1, 0.15) is 0 Å². The van der Waals surface area contributed by atoms with E-state index >= 15 is 0 Å². The van der Waals surface area contributed by atoms with Gasteiger partial charge in [-0.05, 0) is 5.56 Å². The van der Waals surface area contributed by atoms with Crippen LogP contribution in [0.25, 0.3) is 11.3 Å². The lowest BCUT2D eigenvalue weighted by atomic mass is 9.90. The molecule has 0 spiro atoms. The minimum absolute atomic E-state index is 0.0325. The Labute approximate surface area is 116 Å². The van der Waals surface area contributed by atoms with Crippen LogP contribution in [0.3, 0.4) is 0 Å². The zero-order valence-corrected chi connectivity index (χ0v) is 11.5. The molecule has 0 amide bonds. The Balaban J connectivity index is 1.87. The SMILES string of the molecule is O=S1(=O)C[C@@H](O)[C@H](C2c3ccccc3-c3cncn32)C1. The predicted molar refractivity (Wildman–Crippen MR) is 74.0 cm³/mol. The van der Waals surface area contributed by atoms with E-state index in [1.165, 1.54) is 0 Å². The molecule has 1 fully saturated rings. The number of aliphatic hydroxyl groups excluding tert-OH is 1. The summed E-state index contributed by atoms with van der Waals surface area (Å²) in [5.41, 5.74) is 3.14. The molecule has 6 heteroatoms. The Morgan fingerprint density at radius 1 is 1.25 bits per heavy atom. The van der Waals surface area contributed by atoms with E-state index in [1.54, 1.807) is 12.5 Å². The summed E-state index contributed by atoms with van der Waals surface area (Å²) >= 11 is 0. The second-order valence-corrected chi connectivity index (χ2v) is 7.68. The standard InChI is InChI=1S/C14H14N2O3S/c17-13-7-20(18,19)6-11(13)14-10-4-2-1-3-9(10)12-5-15-8-16(12)14/h1-5,8,11,13-14,17H,6-7H2/t11-,13-,14?/m1/s1. The maximum absolute atomic E-state index is 11.8. The summed E-state index contributed by atoms with van der Waals surface area (Å²) in [4.78, 5) is 4.16. The lowest BCUT2D eigenvalue weighted by molar-refractivity contribution is 0.128. The Morgan fingerprint density at radius 2 is 2.05 bits per heavy atom. The van der Waals surface area contributed by atoms with Crippen LogP contribution in [0.15, 0.2) is 36.8 Å². The second-order valence-electron chi connectivity index (χ2n) is 5.53. The minimum Gasteiger partial charge on any atom is -0.392 e. The van der Waals surface area contributed by atoms with E-state index in [2.05, 4.69) is 4.98 Å². The first-order valence-electron chi connectivity index (χ1n) is 6.56. The monoisotopic (exact) mass is 290 g/mol. The fraction of sp³-hybridized carbons (Fsp3) is 0.357. The van der Waals surface area contributed by atoms with Crippen LogP contribution in [0, 0.1) is 5.92 Å². The molecule has 0 bridgehead atoms. The molecule has 1 N–H and O–H groups in total. The number of benzene rings is 1. The molecule has 5 nitrogen and oxygen atoms in total. The summed E-state index contributed by atoms with van der Waals surface area (Å²) < 4.78 is 25.6. The van der Waals surface area contributed by atoms with E-state index in [9.17, 15) is 13.5 Å². The molecule has 2 aliphatic rings. The largest absolute Gasteiger partial charge is 0.392 e. The van der Waals surface area contributed by atoms with Crippen molar-refractivity contribution in [2.24, 2.45) is 5.92 Å². The van der Waals surface area contributed by atoms with E-state index in [0.717, 1.165) is 16.8 Å². The maximum Gasteiger partial charge on any atom is 0.153 e. The molecule has 0 saturated carbocycles. The highest BCUT2D eigenvalue weighted by Crippen LogP contribution is 2.45. The van der Waals surface area contributed by atoms with Crippen LogP contribution in [-0.4, -0.2) is 40.7 Å². The predicted octanol–water partition coefficient (Wildman–Crippen LogP) is 0.858. The Hall–Kier alpha value is -1.66. The molecular weight excluding hydrogens is 276 g/mol. The third-order valence-corrected chi connectivity index (χ3v) is 6.03. The average molecular weight is 290 g/mol. The van der Waals surface area contributed by atoms with Gasteiger partial charge in [-0.1, -0.05) is 24.3 Å². The molecule has 0 aliphatic carbocycles. The van der Waals surface area contributed by atoms with E-state index in [-0.39, 0.29) is 23.5 Å². The zero-order valence-electron chi connectivity index (χ0n) is 10.7. The van der Waals surface area contributed by atoms with Gasteiger partial charge in [0.25, 0.3) is 0 Å². The average Bonchev–Trinajstić information content (AvgIpc) is 3.02. The van der Waals surface area contributed by atoms with Gasteiger partial charge >= 0.3 is 0 Å². The first kappa shape index (κ1) is 12.1. The first-order chi connectivity index (χ1) is 9.57. The molecule has 1 aromatic carbocycles. The number of aliphatic hydroxyl groups is 1.